The second kappa shape index (κ2) is 5.03. The molecule has 1 aromatic carbocycles. The molecule has 0 amide bonds. The Morgan fingerprint density at radius 3 is 1.94 bits per heavy atom. The highest BCUT2D eigenvalue weighted by Gasteiger charge is 2.17. The van der Waals surface area contributed by atoms with E-state index < -0.39 is 40.7 Å². The van der Waals surface area contributed by atoms with Crippen LogP contribution in [0.25, 0.3) is 11.9 Å². The molecule has 1 rings (SSSR count). The molecule has 0 unspecified atom stereocenters. The lowest BCUT2D eigenvalue weighted by molar-refractivity contribution is 0.409. The van der Waals surface area contributed by atoms with E-state index in [2.05, 4.69) is 0 Å². The largest absolute Gasteiger partial charge is 0.306 e. The Morgan fingerprint density at radius 2 is 1.47 bits per heavy atom. The normalized spacial score (nSPS) is 10.1. The van der Waals surface area contributed by atoms with E-state index >= 15 is 0 Å². The predicted octanol–water partition coefficient (Wildman–Crippen LogP) is 4.74. The van der Waals surface area contributed by atoms with E-state index in [4.69, 9.17) is 0 Å². The van der Waals surface area contributed by atoms with Crippen LogP contribution in [0.3, 0.4) is 0 Å². The zero-order valence-electron chi connectivity index (χ0n) is 7.88. The van der Waals surface area contributed by atoms with Gasteiger partial charge in [0, 0.05) is 11.6 Å². The molecular formula is C10H3F7. The molecule has 7 heteroatoms. The minimum absolute atomic E-state index is 0.00435. The van der Waals surface area contributed by atoms with Gasteiger partial charge in [-0.2, -0.15) is 17.6 Å². The van der Waals surface area contributed by atoms with Gasteiger partial charge in [-0.3, -0.25) is 0 Å². The SMILES string of the molecule is FC(F)=Cc1cc(F)c(C(F)=C(F)F)cc1F. The van der Waals surface area contributed by atoms with E-state index in [0.717, 1.165) is 0 Å². The molecule has 0 N–H and O–H groups in total. The second-order valence-electron chi connectivity index (χ2n) is 2.86. The highest BCUT2D eigenvalue weighted by atomic mass is 19.3. The summed E-state index contributed by atoms with van der Waals surface area (Å²) < 4.78 is 85.9. The molecule has 0 saturated carbocycles. The highest BCUT2D eigenvalue weighted by molar-refractivity contribution is 5.63. The van der Waals surface area contributed by atoms with Crippen molar-refractivity contribution in [3.05, 3.63) is 47.1 Å². The first-order chi connectivity index (χ1) is 7.82. The van der Waals surface area contributed by atoms with Crippen LogP contribution in [0.4, 0.5) is 30.7 Å². The van der Waals surface area contributed by atoms with Gasteiger partial charge < -0.3 is 0 Å². The van der Waals surface area contributed by atoms with Crippen LogP contribution < -0.4 is 0 Å². The number of hydrogen-bond donors (Lipinski definition) is 0. The highest BCUT2D eigenvalue weighted by Crippen LogP contribution is 2.27. The Labute approximate surface area is 90.7 Å². The van der Waals surface area contributed by atoms with Crippen LogP contribution in [0.2, 0.25) is 0 Å². The Hall–Kier alpha value is -1.79. The van der Waals surface area contributed by atoms with Crippen molar-refractivity contribution in [2.24, 2.45) is 0 Å². The molecule has 0 atom stereocenters. The number of halogens is 7. The van der Waals surface area contributed by atoms with Crippen LogP contribution >= 0.6 is 0 Å². The summed E-state index contributed by atoms with van der Waals surface area (Å²) in [6.45, 7) is 0. The van der Waals surface area contributed by atoms with Gasteiger partial charge in [0.15, 0.2) is 5.83 Å². The van der Waals surface area contributed by atoms with Crippen LogP contribution in [0.1, 0.15) is 11.1 Å². The van der Waals surface area contributed by atoms with E-state index in [1.54, 1.807) is 0 Å². The van der Waals surface area contributed by atoms with Crippen LogP contribution in [0.5, 0.6) is 0 Å². The monoisotopic (exact) mass is 256 g/mol. The summed E-state index contributed by atoms with van der Waals surface area (Å²) in [6.07, 6.45) is -5.14. The molecule has 17 heavy (non-hydrogen) atoms. The lowest BCUT2D eigenvalue weighted by Crippen LogP contribution is -1.93. The van der Waals surface area contributed by atoms with E-state index in [1.807, 2.05) is 0 Å². The van der Waals surface area contributed by atoms with Gasteiger partial charge in [0.25, 0.3) is 6.08 Å². The van der Waals surface area contributed by atoms with Crippen molar-refractivity contribution in [1.29, 1.82) is 0 Å². The van der Waals surface area contributed by atoms with E-state index in [9.17, 15) is 30.7 Å². The molecule has 1 aromatic rings. The predicted molar refractivity (Wildman–Crippen MR) is 46.8 cm³/mol. The fraction of sp³-hybridized carbons (Fsp3) is 0. The summed E-state index contributed by atoms with van der Waals surface area (Å²) in [5, 5.41) is 0. The van der Waals surface area contributed by atoms with Crippen molar-refractivity contribution in [2.45, 2.75) is 0 Å². The molecule has 0 aliphatic heterocycles. The maximum atomic E-state index is 13.0. The third-order valence-corrected chi connectivity index (χ3v) is 1.75. The van der Waals surface area contributed by atoms with E-state index in [-0.39, 0.29) is 18.2 Å². The smallest absolute Gasteiger partial charge is 0.206 e. The van der Waals surface area contributed by atoms with Crippen molar-refractivity contribution < 1.29 is 30.7 Å². The second-order valence-corrected chi connectivity index (χ2v) is 2.86. The van der Waals surface area contributed by atoms with Gasteiger partial charge in [0.1, 0.15) is 11.6 Å². The molecular weight excluding hydrogens is 253 g/mol. The molecule has 0 aromatic heterocycles. The standard InChI is InChI=1S/C10H3F7/c11-6-3-5(9(15)10(16)17)7(12)1-4(6)2-8(13)14/h1-3H. The molecule has 0 nitrogen and oxygen atoms in total. The van der Waals surface area contributed by atoms with Gasteiger partial charge in [0.05, 0.1) is 5.56 Å². The maximum absolute atomic E-state index is 13.0. The fourth-order valence-electron chi connectivity index (χ4n) is 1.06. The average Bonchev–Trinajstić information content (AvgIpc) is 2.21. The molecule has 0 saturated heterocycles. The molecule has 0 radical (unpaired) electrons. The van der Waals surface area contributed by atoms with Gasteiger partial charge in [0.2, 0.25) is 0 Å². The van der Waals surface area contributed by atoms with Crippen molar-refractivity contribution in [3.8, 4) is 0 Å². The summed E-state index contributed by atoms with van der Waals surface area (Å²) in [4.78, 5) is 0. The minimum atomic E-state index is -2.83. The van der Waals surface area contributed by atoms with Gasteiger partial charge >= 0.3 is 6.08 Å². The Morgan fingerprint density at radius 1 is 0.882 bits per heavy atom. The van der Waals surface area contributed by atoms with Crippen molar-refractivity contribution >= 4 is 11.9 Å². The molecule has 0 bridgehead atoms. The van der Waals surface area contributed by atoms with Gasteiger partial charge in [-0.15, -0.1) is 0 Å². The summed E-state index contributed by atoms with van der Waals surface area (Å²) in [6, 6.07) is 0.283. The summed E-state index contributed by atoms with van der Waals surface area (Å²) in [5.74, 6) is -5.24. The van der Waals surface area contributed by atoms with Crippen molar-refractivity contribution in [1.82, 2.24) is 0 Å². The van der Waals surface area contributed by atoms with Gasteiger partial charge in [-0.05, 0) is 12.1 Å². The van der Waals surface area contributed by atoms with Crippen LogP contribution in [-0.4, -0.2) is 0 Å². The van der Waals surface area contributed by atoms with Crippen molar-refractivity contribution in [3.63, 3.8) is 0 Å². The van der Waals surface area contributed by atoms with Crippen LogP contribution in [0, 0.1) is 11.6 Å². The lowest BCUT2D eigenvalue weighted by Gasteiger charge is -2.03. The minimum Gasteiger partial charge on any atom is -0.206 e. The first kappa shape index (κ1) is 13.3. The molecule has 0 aliphatic rings. The molecule has 0 fully saturated rings. The van der Waals surface area contributed by atoms with E-state index in [1.165, 1.54) is 0 Å². The zero-order chi connectivity index (χ0) is 13.2. The number of hydrogen-bond acceptors (Lipinski definition) is 0. The number of rotatable bonds is 2. The summed E-state index contributed by atoms with van der Waals surface area (Å²) in [7, 11) is 0. The van der Waals surface area contributed by atoms with Crippen LogP contribution in [0.15, 0.2) is 24.3 Å². The fourth-order valence-corrected chi connectivity index (χ4v) is 1.06. The van der Waals surface area contributed by atoms with Gasteiger partial charge in [-0.1, -0.05) is 0 Å². The first-order valence-electron chi connectivity index (χ1n) is 4.05. The molecule has 0 aliphatic carbocycles. The Kier molecular flexibility index (Phi) is 3.93. The lowest BCUT2D eigenvalue weighted by atomic mass is 10.1. The summed E-state index contributed by atoms with van der Waals surface area (Å²) in [5.41, 5.74) is -2.18. The number of benzene rings is 1. The molecule has 0 spiro atoms. The summed E-state index contributed by atoms with van der Waals surface area (Å²) >= 11 is 0. The molecule has 0 heterocycles. The first-order valence-corrected chi connectivity index (χ1v) is 4.05. The molecule has 92 valence electrons. The Bertz CT molecular complexity index is 494. The quantitative estimate of drug-likeness (QED) is 0.670. The van der Waals surface area contributed by atoms with E-state index in [0.29, 0.717) is 0 Å². The maximum Gasteiger partial charge on any atom is 0.306 e. The van der Waals surface area contributed by atoms with Crippen molar-refractivity contribution in [2.75, 3.05) is 0 Å². The zero-order valence-corrected chi connectivity index (χ0v) is 7.88. The third-order valence-electron chi connectivity index (χ3n) is 1.75. The topological polar surface area (TPSA) is 0 Å². The average molecular weight is 256 g/mol. The Balaban J connectivity index is 3.38. The third kappa shape index (κ3) is 3.08. The van der Waals surface area contributed by atoms with Crippen LogP contribution in [-0.2, 0) is 0 Å². The van der Waals surface area contributed by atoms with Gasteiger partial charge in [-0.25, -0.2) is 13.2 Å².